The summed E-state index contributed by atoms with van der Waals surface area (Å²) in [5.74, 6) is 0. The van der Waals surface area contributed by atoms with Gasteiger partial charge in [0.15, 0.2) is 0 Å². The fourth-order valence-electron chi connectivity index (χ4n) is 0.515. The van der Waals surface area contributed by atoms with Crippen LogP contribution < -0.4 is 0 Å². The summed E-state index contributed by atoms with van der Waals surface area (Å²) in [4.78, 5) is 0. The van der Waals surface area contributed by atoms with Crippen LogP contribution in [0.5, 0.6) is 0 Å². The molecule has 0 aromatic rings. The summed E-state index contributed by atoms with van der Waals surface area (Å²) in [6, 6.07) is 0. The van der Waals surface area contributed by atoms with Gasteiger partial charge in [-0.15, -0.1) is 0 Å². The van der Waals surface area contributed by atoms with Gasteiger partial charge in [0.25, 0.3) is 0 Å². The van der Waals surface area contributed by atoms with Crippen LogP contribution in [0.2, 0.25) is 0 Å². The molecule has 0 spiro atoms. The molecule has 0 heterocycles. The van der Waals surface area contributed by atoms with E-state index in [4.69, 9.17) is 0 Å². The molecule has 9 heavy (non-hydrogen) atoms. The summed E-state index contributed by atoms with van der Waals surface area (Å²) in [6.45, 7) is 2.13. The van der Waals surface area contributed by atoms with Crippen molar-refractivity contribution in [3.63, 3.8) is 0 Å². The zero-order chi connectivity index (χ0) is 6.95. The number of hydrogen-bond acceptors (Lipinski definition) is 0. The first-order chi connectivity index (χ1) is 4.41. The number of hydrogen-bond donors (Lipinski definition) is 0. The van der Waals surface area contributed by atoms with Crippen molar-refractivity contribution >= 4 is 0 Å². The van der Waals surface area contributed by atoms with Crippen LogP contribution in [0, 0.1) is 0 Å². The van der Waals surface area contributed by atoms with E-state index in [-0.39, 0.29) is 0 Å². The van der Waals surface area contributed by atoms with Gasteiger partial charge in [0.2, 0.25) is 0 Å². The molecule has 0 aromatic carbocycles. The Morgan fingerprint density at radius 3 is 2.56 bits per heavy atom. The van der Waals surface area contributed by atoms with E-state index in [0.29, 0.717) is 0 Å². The van der Waals surface area contributed by atoms with Gasteiger partial charge in [-0.1, -0.05) is 25.5 Å². The Kier molecular flexibility index (Phi) is 6.70. The second-order valence-electron chi connectivity index (χ2n) is 1.87. The van der Waals surface area contributed by atoms with E-state index in [2.05, 4.69) is 13.0 Å². The normalized spacial score (nSPS) is 11.7. The van der Waals surface area contributed by atoms with Crippen molar-refractivity contribution in [2.45, 2.75) is 26.2 Å². The Bertz CT molecular complexity index is 92.7. The molecule has 0 N–H and O–H groups in total. The van der Waals surface area contributed by atoms with Gasteiger partial charge < -0.3 is 0 Å². The van der Waals surface area contributed by atoms with Crippen LogP contribution in [0.15, 0.2) is 24.5 Å². The lowest BCUT2D eigenvalue weighted by atomic mass is 10.3. The SMILES string of the molecule is CCC/C=C/C/C=C/[O]. The third-order valence-electron chi connectivity index (χ3n) is 0.990. The standard InChI is InChI=1S/C8H13O/c1-2-3-4-5-6-7-8-9/h4-5,7-8H,2-3,6H2,1H3/b5-4+,8-7+. The van der Waals surface area contributed by atoms with Crippen molar-refractivity contribution in [1.29, 1.82) is 0 Å². The van der Waals surface area contributed by atoms with Crippen molar-refractivity contribution in [3.05, 3.63) is 24.5 Å². The maximum atomic E-state index is 9.75. The monoisotopic (exact) mass is 125 g/mol. The van der Waals surface area contributed by atoms with Gasteiger partial charge >= 0.3 is 0 Å². The van der Waals surface area contributed by atoms with Gasteiger partial charge in [-0.2, -0.15) is 0 Å². The molecule has 51 valence electrons. The lowest BCUT2D eigenvalue weighted by molar-refractivity contribution is 0.350. The summed E-state index contributed by atoms with van der Waals surface area (Å²) >= 11 is 0. The van der Waals surface area contributed by atoms with E-state index < -0.39 is 0 Å². The molecule has 0 aliphatic rings. The average Bonchev–Trinajstić information content (AvgIpc) is 1.89. The maximum Gasteiger partial charge on any atom is 0.139 e. The van der Waals surface area contributed by atoms with Crippen molar-refractivity contribution < 1.29 is 5.11 Å². The van der Waals surface area contributed by atoms with E-state index in [1.54, 1.807) is 6.08 Å². The van der Waals surface area contributed by atoms with Gasteiger partial charge in [-0.25, -0.2) is 0 Å². The molecule has 0 saturated heterocycles. The highest BCUT2D eigenvalue weighted by atomic mass is 16.2. The Labute approximate surface area is 56.7 Å². The second kappa shape index (κ2) is 7.28. The van der Waals surface area contributed by atoms with E-state index in [0.717, 1.165) is 19.1 Å². The fraction of sp³-hybridized carbons (Fsp3) is 0.500. The quantitative estimate of drug-likeness (QED) is 0.406. The summed E-state index contributed by atoms with van der Waals surface area (Å²) in [7, 11) is 0. The van der Waals surface area contributed by atoms with Crippen molar-refractivity contribution in [2.24, 2.45) is 0 Å². The molecule has 1 heteroatoms. The lowest BCUT2D eigenvalue weighted by Crippen LogP contribution is -1.61. The topological polar surface area (TPSA) is 19.9 Å². The molecule has 0 unspecified atom stereocenters. The van der Waals surface area contributed by atoms with E-state index in [1.165, 1.54) is 6.42 Å². The highest BCUT2D eigenvalue weighted by Crippen LogP contribution is 1.91. The number of allylic oxidation sites excluding steroid dienone is 3. The average molecular weight is 125 g/mol. The van der Waals surface area contributed by atoms with Gasteiger partial charge in [-0.3, -0.25) is 5.11 Å². The number of rotatable bonds is 4. The molecule has 1 nitrogen and oxygen atoms in total. The van der Waals surface area contributed by atoms with Crippen LogP contribution >= 0.6 is 0 Å². The van der Waals surface area contributed by atoms with Crippen LogP contribution in [0.25, 0.3) is 0 Å². The lowest BCUT2D eigenvalue weighted by Gasteiger charge is -1.81. The van der Waals surface area contributed by atoms with Crippen molar-refractivity contribution in [1.82, 2.24) is 0 Å². The Hall–Kier alpha value is -0.720. The molecule has 0 aromatic heterocycles. The van der Waals surface area contributed by atoms with Gasteiger partial charge in [0.1, 0.15) is 6.26 Å². The molecular formula is C8H13O. The van der Waals surface area contributed by atoms with Crippen LogP contribution in [0.1, 0.15) is 26.2 Å². The summed E-state index contributed by atoms with van der Waals surface area (Å²) < 4.78 is 0. The molecular weight excluding hydrogens is 112 g/mol. The molecule has 0 aliphatic carbocycles. The minimum absolute atomic E-state index is 0.781. The summed E-state index contributed by atoms with van der Waals surface area (Å²) in [6.07, 6.45) is 9.62. The van der Waals surface area contributed by atoms with Crippen LogP contribution in [0.4, 0.5) is 0 Å². The van der Waals surface area contributed by atoms with Crippen LogP contribution in [-0.4, -0.2) is 0 Å². The predicted molar refractivity (Wildman–Crippen MR) is 38.5 cm³/mol. The largest absolute Gasteiger partial charge is 0.299 e. The van der Waals surface area contributed by atoms with E-state index in [9.17, 15) is 5.11 Å². The van der Waals surface area contributed by atoms with Crippen molar-refractivity contribution in [2.75, 3.05) is 0 Å². The maximum absolute atomic E-state index is 9.75. The first-order valence-corrected chi connectivity index (χ1v) is 3.33. The number of unbranched alkanes of at least 4 members (excludes halogenated alkanes) is 1. The van der Waals surface area contributed by atoms with E-state index >= 15 is 0 Å². The molecule has 0 bridgehead atoms. The minimum Gasteiger partial charge on any atom is -0.299 e. The molecule has 0 amide bonds. The molecule has 0 saturated carbocycles. The molecule has 0 rings (SSSR count). The van der Waals surface area contributed by atoms with Gasteiger partial charge in [0, 0.05) is 0 Å². The van der Waals surface area contributed by atoms with Crippen molar-refractivity contribution in [3.8, 4) is 0 Å². The third-order valence-corrected chi connectivity index (χ3v) is 0.990. The van der Waals surface area contributed by atoms with Crippen LogP contribution in [-0.2, 0) is 5.11 Å². The Balaban J connectivity index is 3.04. The zero-order valence-electron chi connectivity index (χ0n) is 5.84. The minimum atomic E-state index is 0.781. The Morgan fingerprint density at radius 1 is 1.22 bits per heavy atom. The molecule has 1 radical (unpaired) electrons. The van der Waals surface area contributed by atoms with Gasteiger partial charge in [-0.05, 0) is 18.9 Å². The predicted octanol–water partition coefficient (Wildman–Crippen LogP) is 2.68. The van der Waals surface area contributed by atoms with Crippen LogP contribution in [0.3, 0.4) is 0 Å². The smallest absolute Gasteiger partial charge is 0.139 e. The van der Waals surface area contributed by atoms with E-state index in [1.807, 2.05) is 6.08 Å². The fourth-order valence-corrected chi connectivity index (χ4v) is 0.515. The first kappa shape index (κ1) is 8.28. The molecule has 0 atom stereocenters. The highest BCUT2D eigenvalue weighted by Gasteiger charge is 1.71. The second-order valence-corrected chi connectivity index (χ2v) is 1.87. The summed E-state index contributed by atoms with van der Waals surface area (Å²) in [5.41, 5.74) is 0. The molecule has 0 aliphatic heterocycles. The first-order valence-electron chi connectivity index (χ1n) is 3.33. The Morgan fingerprint density at radius 2 is 2.00 bits per heavy atom. The summed E-state index contributed by atoms with van der Waals surface area (Å²) in [5, 5.41) is 9.75. The zero-order valence-corrected chi connectivity index (χ0v) is 5.84. The highest BCUT2D eigenvalue weighted by molar-refractivity contribution is 4.89. The van der Waals surface area contributed by atoms with Gasteiger partial charge in [0.05, 0.1) is 0 Å². The third kappa shape index (κ3) is 7.28. The molecule has 0 fully saturated rings.